The van der Waals surface area contributed by atoms with E-state index in [-0.39, 0.29) is 16.8 Å². The Morgan fingerprint density at radius 2 is 1.58 bits per heavy atom. The molecule has 3 aromatic rings. The lowest BCUT2D eigenvalue weighted by Crippen LogP contribution is -2.24. The Kier molecular flexibility index (Phi) is 4.78. The number of nitrogens with zero attached hydrogens (tertiary/aromatic N) is 1. The van der Waals surface area contributed by atoms with Gasteiger partial charge in [0, 0.05) is 31.4 Å². The van der Waals surface area contributed by atoms with Crippen LogP contribution in [0.1, 0.15) is 44.3 Å². The van der Waals surface area contributed by atoms with Gasteiger partial charge in [-0.05, 0) is 38.1 Å². The first-order chi connectivity index (χ1) is 16.0. The van der Waals surface area contributed by atoms with Gasteiger partial charge in [-0.2, -0.15) is 0 Å². The number of carbonyl (C=O) groups excluding carboxylic acids is 2. The van der Waals surface area contributed by atoms with Gasteiger partial charge in [-0.25, -0.2) is 4.99 Å². The predicted molar refractivity (Wildman–Crippen MR) is 135 cm³/mol. The van der Waals surface area contributed by atoms with E-state index in [0.29, 0.717) is 27.9 Å². The minimum atomic E-state index is -0.127. The Morgan fingerprint density at radius 3 is 2.30 bits per heavy atom. The van der Waals surface area contributed by atoms with Crippen LogP contribution in [0.5, 0.6) is 0 Å². The van der Waals surface area contributed by atoms with Crippen LogP contribution in [-0.2, 0) is 0 Å². The van der Waals surface area contributed by atoms with E-state index in [1.54, 1.807) is 30.0 Å². The van der Waals surface area contributed by atoms with Crippen molar-refractivity contribution in [2.24, 2.45) is 4.99 Å². The molecule has 1 unspecified atom stereocenters. The van der Waals surface area contributed by atoms with Gasteiger partial charge in [0.05, 0.1) is 22.2 Å². The molecule has 0 bridgehead atoms. The van der Waals surface area contributed by atoms with Gasteiger partial charge in [-0.1, -0.05) is 71.4 Å². The highest BCUT2D eigenvalue weighted by Crippen LogP contribution is 2.49. The van der Waals surface area contributed by atoms with Gasteiger partial charge < -0.3 is 0 Å². The van der Waals surface area contributed by atoms with Crippen molar-refractivity contribution >= 4 is 46.5 Å². The normalized spacial score (nSPS) is 18.1. The van der Waals surface area contributed by atoms with Crippen LogP contribution in [0.15, 0.2) is 98.1 Å². The average molecular weight is 466 g/mol. The van der Waals surface area contributed by atoms with Crippen molar-refractivity contribution in [2.75, 3.05) is 0 Å². The highest BCUT2D eigenvalue weighted by molar-refractivity contribution is 8.01. The molecular weight excluding hydrogens is 446 g/mol. The number of thioether (sulfide) groups is 1. The lowest BCUT2D eigenvalue weighted by atomic mass is 9.83. The standard InChI is InChI=1S/C28H19NO2S2/c1-15-7-10-17(11-8-15)32-22-14-23-26(29-20-12-9-16(2)13-21(20)33-23)25-24(22)27(30)18-5-3-4-6-19(18)28(25)31/h3-14,21H,1-2H3. The third-order valence-electron chi connectivity index (χ3n) is 6.07. The molecule has 160 valence electrons. The maximum absolute atomic E-state index is 13.7. The Hall–Kier alpha value is -3.15. The van der Waals surface area contributed by atoms with Crippen LogP contribution in [0, 0.1) is 6.92 Å². The second kappa shape index (κ2) is 7.72. The molecule has 0 amide bonds. The van der Waals surface area contributed by atoms with Crippen LogP contribution in [0.2, 0.25) is 0 Å². The molecule has 0 aromatic heterocycles. The summed E-state index contributed by atoms with van der Waals surface area (Å²) in [6, 6.07) is 17.4. The van der Waals surface area contributed by atoms with Gasteiger partial charge in [0.15, 0.2) is 11.6 Å². The van der Waals surface area contributed by atoms with E-state index in [0.717, 1.165) is 20.4 Å². The summed E-state index contributed by atoms with van der Waals surface area (Å²) in [5.41, 5.74) is 5.74. The fourth-order valence-corrected chi connectivity index (χ4v) is 6.71. The highest BCUT2D eigenvalue weighted by Gasteiger charge is 2.37. The van der Waals surface area contributed by atoms with Crippen molar-refractivity contribution in [3.8, 4) is 0 Å². The van der Waals surface area contributed by atoms with E-state index in [4.69, 9.17) is 4.99 Å². The molecule has 33 heavy (non-hydrogen) atoms. The Bertz CT molecular complexity index is 1460. The molecule has 2 aliphatic carbocycles. The number of allylic oxidation sites excluding steroid dienone is 3. The molecule has 1 aliphatic heterocycles. The van der Waals surface area contributed by atoms with Gasteiger partial charge >= 0.3 is 0 Å². The summed E-state index contributed by atoms with van der Waals surface area (Å²) in [4.78, 5) is 35.1. The van der Waals surface area contributed by atoms with Crippen molar-refractivity contribution in [3.63, 3.8) is 0 Å². The van der Waals surface area contributed by atoms with Gasteiger partial charge in [0.2, 0.25) is 0 Å². The van der Waals surface area contributed by atoms with Gasteiger partial charge in [0.25, 0.3) is 0 Å². The van der Waals surface area contributed by atoms with Crippen LogP contribution in [0.25, 0.3) is 0 Å². The molecule has 6 rings (SSSR count). The number of fused-ring (bicyclic) bond motifs is 5. The molecule has 0 spiro atoms. The molecule has 3 nitrogen and oxygen atoms in total. The van der Waals surface area contributed by atoms with Crippen molar-refractivity contribution < 1.29 is 9.59 Å². The zero-order valence-corrected chi connectivity index (χ0v) is 19.7. The molecule has 3 aromatic carbocycles. The van der Waals surface area contributed by atoms with Crippen LogP contribution in [0.4, 0.5) is 5.69 Å². The molecular formula is C28H19NO2S2. The first-order valence-corrected chi connectivity index (χ1v) is 12.4. The van der Waals surface area contributed by atoms with E-state index in [1.807, 2.05) is 24.3 Å². The summed E-state index contributed by atoms with van der Waals surface area (Å²) >= 11 is 3.22. The number of ketones is 2. The number of carbonyl (C=O) groups is 2. The zero-order valence-electron chi connectivity index (χ0n) is 18.1. The van der Waals surface area contributed by atoms with Crippen molar-refractivity contribution in [3.05, 3.63) is 106 Å². The van der Waals surface area contributed by atoms with Crippen LogP contribution >= 0.6 is 23.5 Å². The summed E-state index contributed by atoms with van der Waals surface area (Å²) in [5, 5.41) is 0.111. The first-order valence-electron chi connectivity index (χ1n) is 10.8. The molecule has 0 radical (unpaired) electrons. The number of hydrogen-bond donors (Lipinski definition) is 0. The maximum atomic E-state index is 13.7. The predicted octanol–water partition coefficient (Wildman–Crippen LogP) is 6.98. The Labute approximate surface area is 200 Å². The van der Waals surface area contributed by atoms with E-state index in [1.165, 1.54) is 22.9 Å². The fraction of sp³-hybridized carbons (Fsp3) is 0.107. The number of aryl methyl sites for hydroxylation is 1. The molecule has 0 saturated heterocycles. The molecule has 3 aliphatic rings. The third-order valence-corrected chi connectivity index (χ3v) is 8.31. The minimum absolute atomic E-state index is 0.111. The van der Waals surface area contributed by atoms with Gasteiger partial charge in [-0.15, -0.1) is 11.8 Å². The van der Waals surface area contributed by atoms with E-state index >= 15 is 0 Å². The van der Waals surface area contributed by atoms with E-state index in [2.05, 4.69) is 44.2 Å². The summed E-state index contributed by atoms with van der Waals surface area (Å²) in [6.45, 7) is 4.13. The second-order valence-electron chi connectivity index (χ2n) is 8.41. The van der Waals surface area contributed by atoms with Crippen LogP contribution in [-0.4, -0.2) is 22.5 Å². The SMILES string of the molecule is CC1=CC2Sc3cc(Sc4ccc(C)cc4)c4c(c3N=C2C=C1)C(=O)c1ccccc1C4=O. The van der Waals surface area contributed by atoms with Crippen molar-refractivity contribution in [1.29, 1.82) is 0 Å². The molecule has 1 atom stereocenters. The summed E-state index contributed by atoms with van der Waals surface area (Å²) in [7, 11) is 0. The Balaban J connectivity index is 1.59. The third kappa shape index (κ3) is 3.35. The van der Waals surface area contributed by atoms with Gasteiger partial charge in [0.1, 0.15) is 0 Å². The number of rotatable bonds is 2. The van der Waals surface area contributed by atoms with E-state index in [9.17, 15) is 9.59 Å². The van der Waals surface area contributed by atoms with Crippen LogP contribution in [0.3, 0.4) is 0 Å². The molecule has 0 saturated carbocycles. The zero-order chi connectivity index (χ0) is 22.7. The fourth-order valence-electron chi connectivity index (χ4n) is 4.39. The molecule has 1 heterocycles. The Morgan fingerprint density at radius 1 is 0.879 bits per heavy atom. The van der Waals surface area contributed by atoms with Gasteiger partial charge in [-0.3, -0.25) is 9.59 Å². The smallest absolute Gasteiger partial charge is 0.196 e. The summed E-state index contributed by atoms with van der Waals surface area (Å²) in [6.07, 6.45) is 6.25. The maximum Gasteiger partial charge on any atom is 0.196 e. The summed E-state index contributed by atoms with van der Waals surface area (Å²) < 4.78 is 0. The summed E-state index contributed by atoms with van der Waals surface area (Å²) in [5.74, 6) is -0.238. The molecule has 0 fully saturated rings. The second-order valence-corrected chi connectivity index (χ2v) is 10.7. The average Bonchev–Trinajstić information content (AvgIpc) is 2.82. The number of hydrogen-bond acceptors (Lipinski definition) is 5. The number of benzene rings is 3. The first kappa shape index (κ1) is 20.5. The lowest BCUT2D eigenvalue weighted by molar-refractivity contribution is 0.0977. The van der Waals surface area contributed by atoms with E-state index < -0.39 is 0 Å². The minimum Gasteiger partial charge on any atom is -0.289 e. The topological polar surface area (TPSA) is 46.5 Å². The van der Waals surface area contributed by atoms with Crippen molar-refractivity contribution in [2.45, 2.75) is 33.8 Å². The largest absolute Gasteiger partial charge is 0.289 e. The lowest BCUT2D eigenvalue weighted by Gasteiger charge is -2.28. The highest BCUT2D eigenvalue weighted by atomic mass is 32.2. The van der Waals surface area contributed by atoms with Crippen LogP contribution < -0.4 is 0 Å². The molecule has 5 heteroatoms. The monoisotopic (exact) mass is 465 g/mol. The number of aliphatic imine (C=N–C) groups is 1. The quantitative estimate of drug-likeness (QED) is 0.320. The van der Waals surface area contributed by atoms with Crippen molar-refractivity contribution in [1.82, 2.24) is 0 Å². The molecule has 0 N–H and O–H groups in total.